The molecule has 3 nitrogen and oxygen atoms in total. The Morgan fingerprint density at radius 1 is 1.30 bits per heavy atom. The molecule has 4 heteroatoms. The Morgan fingerprint density at radius 2 is 2.15 bits per heavy atom. The highest BCUT2D eigenvalue weighted by atomic mass is 35.5. The van der Waals surface area contributed by atoms with Gasteiger partial charge in [-0.05, 0) is 24.6 Å². The van der Waals surface area contributed by atoms with Crippen molar-refractivity contribution in [1.29, 1.82) is 0 Å². The third-order valence-electron chi connectivity index (χ3n) is 3.71. The van der Waals surface area contributed by atoms with E-state index in [-0.39, 0.29) is 12.2 Å². The van der Waals surface area contributed by atoms with Gasteiger partial charge in [-0.3, -0.25) is 9.88 Å². The monoisotopic (exact) mass is 290 g/mol. The number of nitrogens with zero attached hydrogens (tertiary/aromatic N) is 2. The summed E-state index contributed by atoms with van der Waals surface area (Å²) >= 11 is 5.95. The van der Waals surface area contributed by atoms with Gasteiger partial charge in [0.05, 0.1) is 17.7 Å². The summed E-state index contributed by atoms with van der Waals surface area (Å²) in [5.74, 6) is 0.554. The molecule has 106 valence electrons. The predicted octanol–water partition coefficient (Wildman–Crippen LogP) is 3.06. The minimum Gasteiger partial charge on any atom is -0.371 e. The Bertz CT molecular complexity index is 584. The quantitative estimate of drug-likeness (QED) is 0.813. The maximum atomic E-state index is 5.95. The number of alkyl halides is 1. The maximum Gasteiger partial charge on any atom is 0.0841 e. The molecule has 2 heterocycles. The molecule has 3 rings (SSSR count). The van der Waals surface area contributed by atoms with Crippen LogP contribution in [0.5, 0.6) is 0 Å². The summed E-state index contributed by atoms with van der Waals surface area (Å²) < 4.78 is 5.80. The van der Waals surface area contributed by atoms with Crippen molar-refractivity contribution in [3.63, 3.8) is 0 Å². The zero-order chi connectivity index (χ0) is 13.9. The second-order valence-corrected chi connectivity index (χ2v) is 5.71. The molecule has 0 amide bonds. The molecular formula is C16H19ClN2O. The second kappa shape index (κ2) is 6.08. The van der Waals surface area contributed by atoms with Crippen LogP contribution in [-0.4, -0.2) is 41.1 Å². The number of hydrogen-bond donors (Lipinski definition) is 0. The molecule has 0 aliphatic carbocycles. The molecular weight excluding hydrogens is 272 g/mol. The van der Waals surface area contributed by atoms with Gasteiger partial charge in [-0.1, -0.05) is 18.2 Å². The van der Waals surface area contributed by atoms with Gasteiger partial charge in [0.15, 0.2) is 0 Å². The molecule has 2 aromatic rings. The number of hydrogen-bond acceptors (Lipinski definition) is 3. The number of fused-ring (bicyclic) bond motifs is 1. The molecule has 2 atom stereocenters. The number of pyridine rings is 1. The molecule has 0 bridgehead atoms. The maximum absolute atomic E-state index is 5.95. The number of benzene rings is 1. The largest absolute Gasteiger partial charge is 0.371 e. The van der Waals surface area contributed by atoms with Crippen molar-refractivity contribution in [2.45, 2.75) is 25.7 Å². The fraction of sp³-hybridized carbons (Fsp3) is 0.438. The smallest absolute Gasteiger partial charge is 0.0841 e. The number of halogens is 1. The first-order valence-corrected chi connectivity index (χ1v) is 7.56. The van der Waals surface area contributed by atoms with Crippen molar-refractivity contribution in [2.24, 2.45) is 0 Å². The second-order valence-electron chi connectivity index (χ2n) is 5.40. The summed E-state index contributed by atoms with van der Waals surface area (Å²) in [6.45, 7) is 4.87. The van der Waals surface area contributed by atoms with E-state index in [4.69, 9.17) is 16.3 Å². The molecule has 20 heavy (non-hydrogen) atoms. The van der Waals surface area contributed by atoms with Crippen LogP contribution in [0.3, 0.4) is 0 Å². The van der Waals surface area contributed by atoms with E-state index in [0.717, 1.165) is 25.2 Å². The molecule has 1 aromatic heterocycles. The van der Waals surface area contributed by atoms with Crippen LogP contribution in [0.1, 0.15) is 12.5 Å². The van der Waals surface area contributed by atoms with Gasteiger partial charge in [0, 0.05) is 37.1 Å². The van der Waals surface area contributed by atoms with E-state index in [2.05, 4.69) is 41.1 Å². The molecule has 1 aromatic carbocycles. The van der Waals surface area contributed by atoms with Crippen LogP contribution in [0.25, 0.3) is 10.9 Å². The lowest BCUT2D eigenvalue weighted by molar-refractivity contribution is -0.0687. The Labute approximate surface area is 124 Å². The van der Waals surface area contributed by atoms with E-state index >= 15 is 0 Å². The summed E-state index contributed by atoms with van der Waals surface area (Å²) in [6.07, 6.45) is 2.26. The fourth-order valence-electron chi connectivity index (χ4n) is 2.89. The zero-order valence-corrected chi connectivity index (χ0v) is 12.4. The van der Waals surface area contributed by atoms with Gasteiger partial charge in [0.1, 0.15) is 0 Å². The van der Waals surface area contributed by atoms with Gasteiger partial charge in [-0.2, -0.15) is 0 Å². The first-order valence-electron chi connectivity index (χ1n) is 7.02. The van der Waals surface area contributed by atoms with Crippen LogP contribution in [-0.2, 0) is 11.3 Å². The van der Waals surface area contributed by atoms with E-state index < -0.39 is 0 Å². The molecule has 1 aliphatic rings. The van der Waals surface area contributed by atoms with E-state index in [1.54, 1.807) is 0 Å². The molecule has 1 aliphatic heterocycles. The summed E-state index contributed by atoms with van der Waals surface area (Å²) in [5.41, 5.74) is 2.37. The third kappa shape index (κ3) is 2.95. The van der Waals surface area contributed by atoms with Gasteiger partial charge in [-0.25, -0.2) is 0 Å². The average Bonchev–Trinajstić information content (AvgIpc) is 2.47. The van der Waals surface area contributed by atoms with Crippen molar-refractivity contribution < 1.29 is 4.74 Å². The average molecular weight is 291 g/mol. The number of morpholine rings is 1. The number of ether oxygens (including phenoxy) is 1. The lowest BCUT2D eigenvalue weighted by Crippen LogP contribution is -2.46. The first kappa shape index (κ1) is 13.8. The van der Waals surface area contributed by atoms with Crippen molar-refractivity contribution in [3.8, 4) is 0 Å². The molecule has 0 spiro atoms. The summed E-state index contributed by atoms with van der Waals surface area (Å²) in [4.78, 5) is 6.84. The highest BCUT2D eigenvalue weighted by Crippen LogP contribution is 2.20. The molecule has 2 unspecified atom stereocenters. The van der Waals surface area contributed by atoms with Crippen molar-refractivity contribution in [3.05, 3.63) is 42.1 Å². The lowest BCUT2D eigenvalue weighted by Gasteiger charge is -2.36. The van der Waals surface area contributed by atoms with Gasteiger partial charge < -0.3 is 4.74 Å². The minimum absolute atomic E-state index is 0.133. The number of aromatic nitrogens is 1. The first-order chi connectivity index (χ1) is 9.76. The molecule has 0 radical (unpaired) electrons. The van der Waals surface area contributed by atoms with E-state index in [1.807, 2.05) is 12.3 Å². The van der Waals surface area contributed by atoms with Crippen LogP contribution in [0, 0.1) is 0 Å². The summed E-state index contributed by atoms with van der Waals surface area (Å²) in [6, 6.07) is 10.4. The van der Waals surface area contributed by atoms with Crippen LogP contribution in [0.2, 0.25) is 0 Å². The number of rotatable bonds is 3. The lowest BCUT2D eigenvalue weighted by atomic mass is 10.1. The van der Waals surface area contributed by atoms with Gasteiger partial charge in [0.25, 0.3) is 0 Å². The minimum atomic E-state index is 0.133. The molecule has 1 fully saturated rings. The predicted molar refractivity (Wildman–Crippen MR) is 82.1 cm³/mol. The Balaban J connectivity index is 1.82. The van der Waals surface area contributed by atoms with Crippen LogP contribution in [0.15, 0.2) is 36.5 Å². The van der Waals surface area contributed by atoms with E-state index in [0.29, 0.717) is 5.88 Å². The summed E-state index contributed by atoms with van der Waals surface area (Å²) in [5, 5.41) is 1.23. The Hall–Kier alpha value is -1.16. The fourth-order valence-corrected chi connectivity index (χ4v) is 3.06. The standard InChI is InChI=1S/C16H19ClN2O/c1-12-9-19(11-14(8-17)20-12)10-13-6-7-18-16-5-3-2-4-15(13)16/h2-7,12,14H,8-11H2,1H3. The van der Waals surface area contributed by atoms with Crippen molar-refractivity contribution in [1.82, 2.24) is 9.88 Å². The van der Waals surface area contributed by atoms with Crippen molar-refractivity contribution in [2.75, 3.05) is 19.0 Å². The van der Waals surface area contributed by atoms with Gasteiger partial charge in [-0.15, -0.1) is 11.6 Å². The van der Waals surface area contributed by atoms with Crippen LogP contribution < -0.4 is 0 Å². The highest BCUT2D eigenvalue weighted by Gasteiger charge is 2.24. The van der Waals surface area contributed by atoms with Gasteiger partial charge >= 0.3 is 0 Å². The van der Waals surface area contributed by atoms with Crippen LogP contribution in [0.4, 0.5) is 0 Å². The third-order valence-corrected chi connectivity index (χ3v) is 4.05. The van der Waals surface area contributed by atoms with E-state index in [1.165, 1.54) is 10.9 Å². The van der Waals surface area contributed by atoms with E-state index in [9.17, 15) is 0 Å². The number of para-hydroxylation sites is 1. The van der Waals surface area contributed by atoms with Crippen molar-refractivity contribution >= 4 is 22.5 Å². The molecule has 0 saturated carbocycles. The highest BCUT2D eigenvalue weighted by molar-refractivity contribution is 6.18. The Morgan fingerprint density at radius 3 is 3.00 bits per heavy atom. The van der Waals surface area contributed by atoms with Crippen LogP contribution >= 0.6 is 11.6 Å². The normalized spacial score (nSPS) is 24.1. The molecule has 1 saturated heterocycles. The Kier molecular flexibility index (Phi) is 4.20. The SMILES string of the molecule is CC1CN(Cc2ccnc3ccccc23)CC(CCl)O1. The summed E-state index contributed by atoms with van der Waals surface area (Å²) in [7, 11) is 0. The topological polar surface area (TPSA) is 25.4 Å². The molecule has 0 N–H and O–H groups in total. The zero-order valence-electron chi connectivity index (χ0n) is 11.6. The van der Waals surface area contributed by atoms with Gasteiger partial charge in [0.2, 0.25) is 0 Å².